The highest BCUT2D eigenvalue weighted by Crippen LogP contribution is 2.26. The van der Waals surface area contributed by atoms with Crippen LogP contribution in [0.5, 0.6) is 0 Å². The lowest BCUT2D eigenvalue weighted by Gasteiger charge is -2.21. The summed E-state index contributed by atoms with van der Waals surface area (Å²) in [5, 5.41) is 9.07. The first-order valence-electron chi connectivity index (χ1n) is 6.68. The number of aromatic nitrogens is 3. The molecule has 3 rings (SSSR count). The Balaban J connectivity index is 1.95. The minimum atomic E-state index is -0.323. The van der Waals surface area contributed by atoms with Crippen LogP contribution in [-0.2, 0) is 4.79 Å². The molecular formula is C13H16N4OS2. The summed E-state index contributed by atoms with van der Waals surface area (Å²) in [6, 6.07) is 3.63. The van der Waals surface area contributed by atoms with Crippen LogP contribution in [0.25, 0.3) is 10.7 Å². The van der Waals surface area contributed by atoms with Gasteiger partial charge < -0.3 is 4.90 Å². The molecule has 1 N–H and O–H groups in total. The fourth-order valence-electron chi connectivity index (χ4n) is 2.56. The van der Waals surface area contributed by atoms with Gasteiger partial charge in [-0.3, -0.25) is 14.5 Å². The lowest BCUT2D eigenvalue weighted by Crippen LogP contribution is -2.34. The average molecular weight is 308 g/mol. The zero-order chi connectivity index (χ0) is 14.1. The molecular weight excluding hydrogens is 292 g/mol. The molecule has 5 nitrogen and oxygen atoms in total. The van der Waals surface area contributed by atoms with Crippen LogP contribution in [0.4, 0.5) is 0 Å². The number of carbonyl (C=O) groups is 1. The van der Waals surface area contributed by atoms with E-state index in [4.69, 9.17) is 12.2 Å². The van der Waals surface area contributed by atoms with Gasteiger partial charge in [-0.05, 0) is 43.4 Å². The molecule has 1 aliphatic heterocycles. The van der Waals surface area contributed by atoms with Crippen LogP contribution in [0.2, 0.25) is 0 Å². The molecule has 20 heavy (non-hydrogen) atoms. The summed E-state index contributed by atoms with van der Waals surface area (Å²) >= 11 is 6.89. The van der Waals surface area contributed by atoms with E-state index in [0.29, 0.717) is 4.77 Å². The molecule has 1 amide bonds. The molecule has 0 spiro atoms. The number of nitrogens with one attached hydrogen (secondary N) is 1. The first-order valence-corrected chi connectivity index (χ1v) is 7.97. The summed E-state index contributed by atoms with van der Waals surface area (Å²) in [6.45, 7) is 3.59. The summed E-state index contributed by atoms with van der Waals surface area (Å²) in [7, 11) is 0. The van der Waals surface area contributed by atoms with Gasteiger partial charge in [0.2, 0.25) is 5.91 Å². The van der Waals surface area contributed by atoms with Crippen LogP contribution in [0.1, 0.15) is 25.8 Å². The van der Waals surface area contributed by atoms with Crippen LogP contribution >= 0.6 is 23.6 Å². The van der Waals surface area contributed by atoms with Gasteiger partial charge in [-0.15, -0.1) is 11.3 Å². The van der Waals surface area contributed by atoms with Crippen molar-refractivity contribution in [2.75, 3.05) is 13.1 Å². The molecule has 0 aromatic carbocycles. The minimum absolute atomic E-state index is 0.123. The number of likely N-dealkylation sites (tertiary alicyclic amines) is 1. The van der Waals surface area contributed by atoms with Crippen molar-refractivity contribution in [3.8, 4) is 10.7 Å². The van der Waals surface area contributed by atoms with Crippen molar-refractivity contribution in [2.45, 2.75) is 25.8 Å². The van der Waals surface area contributed by atoms with E-state index in [1.54, 1.807) is 11.3 Å². The Morgan fingerprint density at radius 1 is 1.50 bits per heavy atom. The molecule has 2 aromatic rings. The summed E-state index contributed by atoms with van der Waals surface area (Å²) in [4.78, 5) is 15.5. The minimum Gasteiger partial charge on any atom is -0.341 e. The van der Waals surface area contributed by atoms with Crippen LogP contribution in [0.15, 0.2) is 17.5 Å². The van der Waals surface area contributed by atoms with E-state index >= 15 is 0 Å². The van der Waals surface area contributed by atoms with Crippen LogP contribution in [-0.4, -0.2) is 38.7 Å². The SMILES string of the molecule is CC(C(=O)N1CCCC1)n1c(-c2cccs2)n[nH]c1=S. The molecule has 1 unspecified atom stereocenters. The van der Waals surface area contributed by atoms with E-state index in [-0.39, 0.29) is 11.9 Å². The highest BCUT2D eigenvalue weighted by atomic mass is 32.1. The molecule has 0 bridgehead atoms. The van der Waals surface area contributed by atoms with Gasteiger partial charge >= 0.3 is 0 Å². The fraction of sp³-hybridized carbons (Fsp3) is 0.462. The average Bonchev–Trinajstić information content (AvgIpc) is 3.17. The number of rotatable bonds is 3. The summed E-state index contributed by atoms with van der Waals surface area (Å²) in [5.74, 6) is 0.864. The lowest BCUT2D eigenvalue weighted by atomic mass is 10.2. The zero-order valence-corrected chi connectivity index (χ0v) is 12.8. The predicted molar refractivity (Wildman–Crippen MR) is 81.2 cm³/mol. The summed E-state index contributed by atoms with van der Waals surface area (Å²) in [5.41, 5.74) is 0. The Bertz CT molecular complexity index is 652. The number of amides is 1. The smallest absolute Gasteiger partial charge is 0.245 e. The normalized spacial score (nSPS) is 16.6. The Hall–Kier alpha value is -1.47. The molecule has 3 heterocycles. The lowest BCUT2D eigenvalue weighted by molar-refractivity contribution is -0.133. The van der Waals surface area contributed by atoms with Crippen molar-refractivity contribution >= 4 is 29.5 Å². The summed E-state index contributed by atoms with van der Waals surface area (Å²) in [6.07, 6.45) is 2.18. The van der Waals surface area contributed by atoms with Gasteiger partial charge in [0.1, 0.15) is 6.04 Å². The Kier molecular flexibility index (Phi) is 3.71. The fourth-order valence-corrected chi connectivity index (χ4v) is 3.56. The standard InChI is InChI=1S/C13H16N4OS2/c1-9(12(18)16-6-2-3-7-16)17-11(14-15-13(17)19)10-5-4-8-20-10/h4-5,8-9H,2-3,6-7H2,1H3,(H,15,19). The maximum absolute atomic E-state index is 12.5. The van der Waals surface area contributed by atoms with E-state index in [1.807, 2.05) is 33.9 Å². The molecule has 1 fully saturated rings. The molecule has 0 aliphatic carbocycles. The van der Waals surface area contributed by atoms with Gasteiger partial charge in [0, 0.05) is 13.1 Å². The third-order valence-electron chi connectivity index (χ3n) is 3.61. The maximum Gasteiger partial charge on any atom is 0.245 e. The molecule has 106 valence electrons. The van der Waals surface area contributed by atoms with E-state index in [0.717, 1.165) is 36.6 Å². The quantitative estimate of drug-likeness (QED) is 0.887. The van der Waals surface area contributed by atoms with E-state index < -0.39 is 0 Å². The number of thiophene rings is 1. The number of carbonyl (C=O) groups excluding carboxylic acids is 1. The van der Waals surface area contributed by atoms with Crippen molar-refractivity contribution in [1.82, 2.24) is 19.7 Å². The van der Waals surface area contributed by atoms with Gasteiger partial charge in [0.15, 0.2) is 10.6 Å². The van der Waals surface area contributed by atoms with Gasteiger partial charge in [-0.2, -0.15) is 5.10 Å². The molecule has 0 radical (unpaired) electrons. The predicted octanol–water partition coefficient (Wildman–Crippen LogP) is 2.85. The number of hydrogen-bond acceptors (Lipinski definition) is 4. The third kappa shape index (κ3) is 2.31. The van der Waals surface area contributed by atoms with E-state index in [9.17, 15) is 4.79 Å². The maximum atomic E-state index is 12.5. The number of H-pyrrole nitrogens is 1. The van der Waals surface area contributed by atoms with Gasteiger partial charge in [0.25, 0.3) is 0 Å². The number of aromatic amines is 1. The molecule has 1 atom stereocenters. The molecule has 7 heteroatoms. The van der Waals surface area contributed by atoms with E-state index in [1.165, 1.54) is 0 Å². The van der Waals surface area contributed by atoms with Gasteiger partial charge in [-0.25, -0.2) is 0 Å². The van der Waals surface area contributed by atoms with Crippen molar-refractivity contribution in [1.29, 1.82) is 0 Å². The highest BCUT2D eigenvalue weighted by molar-refractivity contribution is 7.71. The first kappa shape index (κ1) is 13.5. The monoisotopic (exact) mass is 308 g/mol. The van der Waals surface area contributed by atoms with Crippen LogP contribution in [0, 0.1) is 4.77 Å². The van der Waals surface area contributed by atoms with Crippen molar-refractivity contribution in [3.05, 3.63) is 22.3 Å². The molecule has 2 aromatic heterocycles. The second-order valence-corrected chi connectivity index (χ2v) is 6.24. The number of hydrogen-bond donors (Lipinski definition) is 1. The highest BCUT2D eigenvalue weighted by Gasteiger charge is 2.27. The molecule has 1 saturated heterocycles. The molecule has 1 aliphatic rings. The van der Waals surface area contributed by atoms with Gasteiger partial charge in [-0.1, -0.05) is 6.07 Å². The van der Waals surface area contributed by atoms with Crippen molar-refractivity contribution < 1.29 is 4.79 Å². The second-order valence-electron chi connectivity index (χ2n) is 4.91. The second kappa shape index (κ2) is 5.49. The first-order chi connectivity index (χ1) is 9.68. The largest absolute Gasteiger partial charge is 0.341 e. The Morgan fingerprint density at radius 2 is 2.25 bits per heavy atom. The summed E-state index contributed by atoms with van der Waals surface area (Å²) < 4.78 is 2.32. The van der Waals surface area contributed by atoms with Gasteiger partial charge in [0.05, 0.1) is 4.88 Å². The number of nitrogens with zero attached hydrogens (tertiary/aromatic N) is 3. The van der Waals surface area contributed by atoms with Crippen molar-refractivity contribution in [2.24, 2.45) is 0 Å². The zero-order valence-electron chi connectivity index (χ0n) is 11.2. The van der Waals surface area contributed by atoms with Crippen LogP contribution < -0.4 is 0 Å². The van der Waals surface area contributed by atoms with Crippen LogP contribution in [0.3, 0.4) is 0 Å². The third-order valence-corrected chi connectivity index (χ3v) is 4.76. The Labute approximate surface area is 126 Å². The topological polar surface area (TPSA) is 53.9 Å². The van der Waals surface area contributed by atoms with E-state index in [2.05, 4.69) is 10.2 Å². The molecule has 0 saturated carbocycles. The van der Waals surface area contributed by atoms with Crippen molar-refractivity contribution in [3.63, 3.8) is 0 Å². The Morgan fingerprint density at radius 3 is 2.90 bits per heavy atom.